The summed E-state index contributed by atoms with van der Waals surface area (Å²) in [5.74, 6) is -0.276. The van der Waals surface area contributed by atoms with Crippen LogP contribution in [0.3, 0.4) is 0 Å². The zero-order valence-corrected chi connectivity index (χ0v) is 11.6. The van der Waals surface area contributed by atoms with Crippen molar-refractivity contribution < 1.29 is 4.79 Å². The van der Waals surface area contributed by atoms with E-state index in [0.717, 1.165) is 15.7 Å². The third-order valence-corrected chi connectivity index (χ3v) is 3.39. The van der Waals surface area contributed by atoms with Gasteiger partial charge in [-0.25, -0.2) is 9.36 Å². The summed E-state index contributed by atoms with van der Waals surface area (Å²) in [7, 11) is 0. The van der Waals surface area contributed by atoms with Crippen LogP contribution < -0.4 is 11.4 Å². The number of nitrogen functional groups attached to an aromatic ring is 1. The number of anilines is 1. The molecule has 0 aliphatic carbocycles. The van der Waals surface area contributed by atoms with Crippen molar-refractivity contribution in [3.05, 3.63) is 64.1 Å². The second-order valence-electron chi connectivity index (χ2n) is 5.10. The zero-order chi connectivity index (χ0) is 15.0. The van der Waals surface area contributed by atoms with Gasteiger partial charge in [0, 0.05) is 5.69 Å². The molecule has 1 aromatic heterocycles. The van der Waals surface area contributed by atoms with Crippen molar-refractivity contribution in [3.8, 4) is 0 Å². The van der Waals surface area contributed by atoms with Gasteiger partial charge in [0.25, 0.3) is 0 Å². The number of nitrogens with two attached hydrogens (primary N) is 1. The fourth-order valence-corrected chi connectivity index (χ4v) is 2.44. The maximum absolute atomic E-state index is 12.4. The van der Waals surface area contributed by atoms with Gasteiger partial charge in [-0.05, 0) is 30.7 Å². The molecular weight excluding hydrogens is 266 g/mol. The number of aryl methyl sites for hydroxylation is 1. The summed E-state index contributed by atoms with van der Waals surface area (Å²) in [6, 6.07) is 12.7. The number of carbonyl (C=O) groups is 1. The largest absolute Gasteiger partial charge is 0.399 e. The van der Waals surface area contributed by atoms with E-state index in [9.17, 15) is 9.59 Å². The Hall–Kier alpha value is -2.82. The van der Waals surface area contributed by atoms with E-state index in [-0.39, 0.29) is 12.3 Å². The van der Waals surface area contributed by atoms with Crippen LogP contribution in [0.5, 0.6) is 0 Å². The first-order chi connectivity index (χ1) is 10.0. The van der Waals surface area contributed by atoms with Crippen LogP contribution in [0.4, 0.5) is 5.69 Å². The van der Waals surface area contributed by atoms with E-state index < -0.39 is 5.69 Å². The number of hydrogen-bond acceptors (Lipinski definition) is 3. The molecule has 2 aromatic carbocycles. The molecule has 0 radical (unpaired) electrons. The van der Waals surface area contributed by atoms with Gasteiger partial charge >= 0.3 is 5.69 Å². The van der Waals surface area contributed by atoms with Gasteiger partial charge in [0.05, 0.1) is 17.5 Å². The highest BCUT2D eigenvalue weighted by Gasteiger charge is 2.14. The van der Waals surface area contributed by atoms with E-state index in [1.807, 2.05) is 31.2 Å². The number of fused-ring (bicyclic) bond motifs is 1. The topological polar surface area (TPSA) is 80.9 Å². The molecule has 0 saturated carbocycles. The second-order valence-corrected chi connectivity index (χ2v) is 5.10. The monoisotopic (exact) mass is 281 g/mol. The van der Waals surface area contributed by atoms with E-state index >= 15 is 0 Å². The zero-order valence-electron chi connectivity index (χ0n) is 11.6. The van der Waals surface area contributed by atoms with E-state index in [1.165, 1.54) is 0 Å². The summed E-state index contributed by atoms with van der Waals surface area (Å²) in [5, 5.41) is 0. The maximum atomic E-state index is 12.4. The summed E-state index contributed by atoms with van der Waals surface area (Å²) in [6.07, 6.45) is 0.170. The summed E-state index contributed by atoms with van der Waals surface area (Å²) in [5.41, 5.74) is 8.88. The molecule has 3 rings (SSSR count). The number of benzene rings is 2. The molecule has 21 heavy (non-hydrogen) atoms. The summed E-state index contributed by atoms with van der Waals surface area (Å²) < 4.78 is 1.15. The Morgan fingerprint density at radius 3 is 2.81 bits per heavy atom. The lowest BCUT2D eigenvalue weighted by atomic mass is 10.1. The molecule has 0 amide bonds. The number of rotatable bonds is 2. The molecule has 0 fully saturated rings. The lowest BCUT2D eigenvalue weighted by Gasteiger charge is -2.04. The average Bonchev–Trinajstić information content (AvgIpc) is 2.74. The van der Waals surface area contributed by atoms with Crippen molar-refractivity contribution in [2.75, 3.05) is 5.73 Å². The molecule has 5 nitrogen and oxygen atoms in total. The summed E-state index contributed by atoms with van der Waals surface area (Å²) in [6.45, 7) is 1.96. The highest BCUT2D eigenvalue weighted by Crippen LogP contribution is 2.15. The van der Waals surface area contributed by atoms with Crippen LogP contribution in [0.15, 0.2) is 47.3 Å². The van der Waals surface area contributed by atoms with Crippen molar-refractivity contribution in [1.29, 1.82) is 0 Å². The first kappa shape index (κ1) is 13.2. The van der Waals surface area contributed by atoms with Gasteiger partial charge in [0.1, 0.15) is 0 Å². The Morgan fingerprint density at radius 1 is 1.24 bits per heavy atom. The molecule has 0 bridgehead atoms. The third kappa shape index (κ3) is 2.45. The molecule has 0 saturated heterocycles. The van der Waals surface area contributed by atoms with Crippen LogP contribution >= 0.6 is 0 Å². The van der Waals surface area contributed by atoms with Gasteiger partial charge in [0.15, 0.2) is 0 Å². The molecule has 0 spiro atoms. The number of H-pyrrole nitrogens is 1. The number of aromatic nitrogens is 2. The number of nitrogens with zero attached hydrogens (tertiary/aromatic N) is 1. The van der Waals surface area contributed by atoms with Crippen LogP contribution in [0.2, 0.25) is 0 Å². The minimum Gasteiger partial charge on any atom is -0.399 e. The fourth-order valence-electron chi connectivity index (χ4n) is 2.44. The second kappa shape index (κ2) is 4.94. The first-order valence-corrected chi connectivity index (χ1v) is 6.63. The molecule has 0 unspecified atom stereocenters. The molecule has 0 aliphatic heterocycles. The van der Waals surface area contributed by atoms with Gasteiger partial charge in [-0.1, -0.05) is 29.8 Å². The van der Waals surface area contributed by atoms with Crippen LogP contribution in [0.1, 0.15) is 15.9 Å². The molecule has 106 valence electrons. The molecule has 1 heterocycles. The van der Waals surface area contributed by atoms with Gasteiger partial charge in [-0.3, -0.25) is 4.79 Å². The molecule has 0 aliphatic rings. The summed E-state index contributed by atoms with van der Waals surface area (Å²) >= 11 is 0. The van der Waals surface area contributed by atoms with Crippen molar-refractivity contribution in [3.63, 3.8) is 0 Å². The first-order valence-electron chi connectivity index (χ1n) is 6.63. The van der Waals surface area contributed by atoms with E-state index in [0.29, 0.717) is 16.7 Å². The summed E-state index contributed by atoms with van der Waals surface area (Å²) in [4.78, 5) is 27.1. The minimum absolute atomic E-state index is 0.170. The molecule has 3 N–H and O–H groups in total. The number of carbonyl (C=O) groups excluding carboxylic acids is 1. The van der Waals surface area contributed by atoms with Crippen molar-refractivity contribution in [1.82, 2.24) is 9.55 Å². The molecular formula is C16H15N3O2. The van der Waals surface area contributed by atoms with Gasteiger partial charge in [-0.2, -0.15) is 0 Å². The fraction of sp³-hybridized carbons (Fsp3) is 0.125. The maximum Gasteiger partial charge on any atom is 0.333 e. The predicted octanol–water partition coefficient (Wildman–Crippen LogP) is 2.10. The number of hydrogen-bond donors (Lipinski definition) is 2. The Morgan fingerprint density at radius 2 is 2.05 bits per heavy atom. The predicted molar refractivity (Wildman–Crippen MR) is 82.5 cm³/mol. The van der Waals surface area contributed by atoms with E-state index in [4.69, 9.17) is 5.73 Å². The Kier molecular flexibility index (Phi) is 3.10. The average molecular weight is 281 g/mol. The molecule has 0 atom stereocenters. The minimum atomic E-state index is -0.437. The Balaban J connectivity index is 2.04. The highest BCUT2D eigenvalue weighted by molar-refractivity contribution is 5.92. The van der Waals surface area contributed by atoms with Gasteiger partial charge in [0.2, 0.25) is 5.91 Å². The van der Waals surface area contributed by atoms with Crippen molar-refractivity contribution in [2.45, 2.75) is 13.3 Å². The third-order valence-electron chi connectivity index (χ3n) is 3.39. The van der Waals surface area contributed by atoms with Crippen LogP contribution in [0, 0.1) is 6.92 Å². The Labute approximate surface area is 121 Å². The smallest absolute Gasteiger partial charge is 0.333 e. The molecule has 3 aromatic rings. The van der Waals surface area contributed by atoms with Crippen LogP contribution in [0.25, 0.3) is 11.0 Å². The molecule has 5 heteroatoms. The van der Waals surface area contributed by atoms with Gasteiger partial charge < -0.3 is 10.7 Å². The lowest BCUT2D eigenvalue weighted by molar-refractivity contribution is 0.0915. The van der Waals surface area contributed by atoms with Crippen molar-refractivity contribution >= 4 is 22.6 Å². The number of imidazole rings is 1. The Bertz CT molecular complexity index is 890. The van der Waals surface area contributed by atoms with Gasteiger partial charge in [-0.15, -0.1) is 0 Å². The van der Waals surface area contributed by atoms with Crippen LogP contribution in [-0.4, -0.2) is 15.5 Å². The SMILES string of the molecule is Cc1cccc(CC(=O)n2c(=O)[nH]c3ccc(N)cc32)c1. The lowest BCUT2D eigenvalue weighted by Crippen LogP contribution is -2.25. The standard InChI is InChI=1S/C16H15N3O2/c1-10-3-2-4-11(7-10)8-15(20)19-14-9-12(17)5-6-13(14)18-16(19)21/h2-7,9H,8,17H2,1H3,(H,18,21). The van der Waals surface area contributed by atoms with E-state index in [2.05, 4.69) is 4.98 Å². The van der Waals surface area contributed by atoms with Crippen molar-refractivity contribution in [2.24, 2.45) is 0 Å². The highest BCUT2D eigenvalue weighted by atomic mass is 16.2. The number of nitrogens with one attached hydrogen (secondary N) is 1. The number of aromatic amines is 1. The normalized spacial score (nSPS) is 10.9. The van der Waals surface area contributed by atoms with Crippen LogP contribution in [-0.2, 0) is 6.42 Å². The quantitative estimate of drug-likeness (QED) is 0.706. The van der Waals surface area contributed by atoms with E-state index in [1.54, 1.807) is 18.2 Å².